The highest BCUT2D eigenvalue weighted by molar-refractivity contribution is 5.34. The molecule has 0 aromatic carbocycles. The van der Waals surface area contributed by atoms with E-state index in [1.54, 1.807) is 0 Å². The van der Waals surface area contributed by atoms with Crippen LogP contribution in [0.5, 0.6) is 0 Å². The number of rotatable bonds is 7. The zero-order valence-corrected chi connectivity index (χ0v) is 13.0. The average molecular weight is 264 g/mol. The van der Waals surface area contributed by atoms with E-state index >= 15 is 0 Å². The van der Waals surface area contributed by atoms with Gasteiger partial charge in [0, 0.05) is 24.8 Å². The lowest BCUT2D eigenvalue weighted by atomic mass is 10.1. The van der Waals surface area contributed by atoms with Crippen molar-refractivity contribution >= 4 is 5.95 Å². The van der Waals surface area contributed by atoms with E-state index in [1.165, 1.54) is 0 Å². The third-order valence-electron chi connectivity index (χ3n) is 3.31. The predicted octanol–water partition coefficient (Wildman–Crippen LogP) is 2.89. The van der Waals surface area contributed by atoms with Gasteiger partial charge in [-0.2, -0.15) is 0 Å². The molecule has 4 heteroatoms. The van der Waals surface area contributed by atoms with E-state index < -0.39 is 0 Å². The Balaban J connectivity index is 3.11. The second-order valence-electron chi connectivity index (χ2n) is 5.52. The van der Waals surface area contributed by atoms with Crippen molar-refractivity contribution in [2.45, 2.75) is 60.0 Å². The molecule has 1 aromatic rings. The first-order valence-corrected chi connectivity index (χ1v) is 7.33. The molecule has 0 saturated heterocycles. The van der Waals surface area contributed by atoms with Crippen LogP contribution in [-0.2, 0) is 6.54 Å². The minimum atomic E-state index is 0.467. The SMILES string of the molecule is CCC(CC)N(CC(C)C)c1nc(C)cc(CN)n1. The first kappa shape index (κ1) is 15.9. The summed E-state index contributed by atoms with van der Waals surface area (Å²) in [6, 6.07) is 2.46. The summed E-state index contributed by atoms with van der Waals surface area (Å²) in [4.78, 5) is 11.6. The van der Waals surface area contributed by atoms with Crippen molar-refractivity contribution in [1.82, 2.24) is 9.97 Å². The molecule has 0 unspecified atom stereocenters. The Labute approximate surface area is 117 Å². The molecule has 1 aromatic heterocycles. The molecule has 1 heterocycles. The van der Waals surface area contributed by atoms with Crippen LogP contribution in [0.15, 0.2) is 6.07 Å². The molecule has 0 spiro atoms. The molecular formula is C15H28N4. The highest BCUT2D eigenvalue weighted by Gasteiger charge is 2.20. The van der Waals surface area contributed by atoms with Crippen molar-refractivity contribution < 1.29 is 0 Å². The van der Waals surface area contributed by atoms with Crippen molar-refractivity contribution in [3.05, 3.63) is 17.5 Å². The van der Waals surface area contributed by atoms with Gasteiger partial charge in [0.1, 0.15) is 0 Å². The summed E-state index contributed by atoms with van der Waals surface area (Å²) in [5, 5.41) is 0. The van der Waals surface area contributed by atoms with E-state index in [9.17, 15) is 0 Å². The zero-order valence-electron chi connectivity index (χ0n) is 13.0. The maximum Gasteiger partial charge on any atom is 0.226 e. The smallest absolute Gasteiger partial charge is 0.226 e. The van der Waals surface area contributed by atoms with Gasteiger partial charge in [0.25, 0.3) is 0 Å². The van der Waals surface area contributed by atoms with Crippen LogP contribution in [0.4, 0.5) is 5.95 Å². The molecule has 0 amide bonds. The van der Waals surface area contributed by atoms with Gasteiger partial charge in [0.2, 0.25) is 5.95 Å². The van der Waals surface area contributed by atoms with E-state index in [-0.39, 0.29) is 0 Å². The van der Waals surface area contributed by atoms with Crippen LogP contribution in [-0.4, -0.2) is 22.6 Å². The Hall–Kier alpha value is -1.16. The van der Waals surface area contributed by atoms with Gasteiger partial charge in [-0.25, -0.2) is 9.97 Å². The second kappa shape index (κ2) is 7.43. The lowest BCUT2D eigenvalue weighted by Gasteiger charge is -2.32. The summed E-state index contributed by atoms with van der Waals surface area (Å²) in [5.74, 6) is 1.42. The molecule has 0 bridgehead atoms. The van der Waals surface area contributed by atoms with Crippen molar-refractivity contribution in [2.75, 3.05) is 11.4 Å². The number of aromatic nitrogens is 2. The minimum Gasteiger partial charge on any atom is -0.338 e. The molecule has 19 heavy (non-hydrogen) atoms. The fourth-order valence-corrected chi connectivity index (χ4v) is 2.37. The van der Waals surface area contributed by atoms with Crippen LogP contribution in [0, 0.1) is 12.8 Å². The molecule has 4 nitrogen and oxygen atoms in total. The van der Waals surface area contributed by atoms with Gasteiger partial charge in [0.05, 0.1) is 5.69 Å². The van der Waals surface area contributed by atoms with E-state index in [0.29, 0.717) is 18.5 Å². The Morgan fingerprint density at radius 2 is 1.84 bits per heavy atom. The average Bonchev–Trinajstić information content (AvgIpc) is 2.37. The fraction of sp³-hybridized carbons (Fsp3) is 0.733. The third kappa shape index (κ3) is 4.46. The van der Waals surface area contributed by atoms with Gasteiger partial charge in [0.15, 0.2) is 0 Å². The number of nitrogens with zero attached hydrogens (tertiary/aromatic N) is 3. The Bertz CT molecular complexity index is 386. The molecule has 108 valence electrons. The number of hydrogen-bond acceptors (Lipinski definition) is 4. The summed E-state index contributed by atoms with van der Waals surface area (Å²) < 4.78 is 0. The number of nitrogens with two attached hydrogens (primary N) is 1. The molecule has 2 N–H and O–H groups in total. The maximum atomic E-state index is 5.72. The molecular weight excluding hydrogens is 236 g/mol. The van der Waals surface area contributed by atoms with Crippen LogP contribution in [0.3, 0.4) is 0 Å². The molecule has 1 rings (SSSR count). The van der Waals surface area contributed by atoms with Crippen molar-refractivity contribution in [3.63, 3.8) is 0 Å². The zero-order chi connectivity index (χ0) is 14.4. The Kier molecular flexibility index (Phi) is 6.22. The Morgan fingerprint density at radius 3 is 2.32 bits per heavy atom. The summed E-state index contributed by atoms with van der Waals surface area (Å²) in [7, 11) is 0. The number of aryl methyl sites for hydroxylation is 1. The van der Waals surface area contributed by atoms with Crippen LogP contribution in [0.1, 0.15) is 51.9 Å². The van der Waals surface area contributed by atoms with E-state index in [4.69, 9.17) is 5.73 Å². The molecule has 0 aliphatic heterocycles. The summed E-state index contributed by atoms with van der Waals surface area (Å²) in [5.41, 5.74) is 7.63. The lowest BCUT2D eigenvalue weighted by molar-refractivity contribution is 0.497. The topological polar surface area (TPSA) is 55.0 Å². The third-order valence-corrected chi connectivity index (χ3v) is 3.31. The summed E-state index contributed by atoms with van der Waals surface area (Å²) in [6.45, 7) is 12.4. The number of hydrogen-bond donors (Lipinski definition) is 1. The largest absolute Gasteiger partial charge is 0.338 e. The summed E-state index contributed by atoms with van der Waals surface area (Å²) >= 11 is 0. The van der Waals surface area contributed by atoms with Gasteiger partial charge in [-0.1, -0.05) is 27.7 Å². The minimum absolute atomic E-state index is 0.467. The Morgan fingerprint density at radius 1 is 1.21 bits per heavy atom. The second-order valence-corrected chi connectivity index (χ2v) is 5.52. The van der Waals surface area contributed by atoms with Crippen molar-refractivity contribution in [3.8, 4) is 0 Å². The van der Waals surface area contributed by atoms with E-state index in [1.807, 2.05) is 13.0 Å². The highest BCUT2D eigenvalue weighted by atomic mass is 15.3. The van der Waals surface area contributed by atoms with Crippen LogP contribution >= 0.6 is 0 Å². The first-order valence-electron chi connectivity index (χ1n) is 7.33. The normalized spacial score (nSPS) is 11.4. The van der Waals surface area contributed by atoms with Gasteiger partial charge in [-0.3, -0.25) is 0 Å². The monoisotopic (exact) mass is 264 g/mol. The first-order chi connectivity index (χ1) is 9.01. The molecule has 0 saturated carbocycles. The highest BCUT2D eigenvalue weighted by Crippen LogP contribution is 2.19. The molecule has 0 aliphatic rings. The van der Waals surface area contributed by atoms with Gasteiger partial charge < -0.3 is 10.6 Å². The van der Waals surface area contributed by atoms with Gasteiger partial charge in [-0.05, 0) is 31.7 Å². The van der Waals surface area contributed by atoms with E-state index in [0.717, 1.165) is 36.7 Å². The van der Waals surface area contributed by atoms with Crippen LogP contribution < -0.4 is 10.6 Å². The van der Waals surface area contributed by atoms with E-state index in [2.05, 4.69) is 42.6 Å². The predicted molar refractivity (Wildman–Crippen MR) is 81.2 cm³/mol. The fourth-order valence-electron chi connectivity index (χ4n) is 2.37. The maximum absolute atomic E-state index is 5.72. The van der Waals surface area contributed by atoms with Gasteiger partial charge in [-0.15, -0.1) is 0 Å². The summed E-state index contributed by atoms with van der Waals surface area (Å²) in [6.07, 6.45) is 2.22. The standard InChI is InChI=1S/C15H28N4/c1-6-14(7-2)19(10-11(3)4)15-17-12(5)8-13(9-16)18-15/h8,11,14H,6-7,9-10,16H2,1-5H3. The van der Waals surface area contributed by atoms with Gasteiger partial charge >= 0.3 is 0 Å². The van der Waals surface area contributed by atoms with Crippen LogP contribution in [0.25, 0.3) is 0 Å². The molecule has 0 radical (unpaired) electrons. The lowest BCUT2D eigenvalue weighted by Crippen LogP contribution is -2.39. The van der Waals surface area contributed by atoms with Crippen molar-refractivity contribution in [1.29, 1.82) is 0 Å². The molecule has 0 fully saturated rings. The molecule has 0 aliphatic carbocycles. The number of anilines is 1. The molecule has 0 atom stereocenters. The van der Waals surface area contributed by atoms with Crippen LogP contribution in [0.2, 0.25) is 0 Å². The van der Waals surface area contributed by atoms with Crippen molar-refractivity contribution in [2.24, 2.45) is 11.7 Å². The quantitative estimate of drug-likeness (QED) is 0.822.